The van der Waals surface area contributed by atoms with Crippen molar-refractivity contribution in [2.75, 3.05) is 49.1 Å². The van der Waals surface area contributed by atoms with Crippen molar-refractivity contribution in [3.8, 4) is 0 Å². The minimum absolute atomic E-state index is 0.0201. The Kier molecular flexibility index (Phi) is 6.18. The molecule has 2 N–H and O–H groups in total. The summed E-state index contributed by atoms with van der Waals surface area (Å²) in [6.07, 6.45) is 5.89. The molecule has 3 saturated heterocycles. The number of hydrogen-bond acceptors (Lipinski definition) is 5. The van der Waals surface area contributed by atoms with E-state index in [0.717, 1.165) is 57.4 Å². The highest BCUT2D eigenvalue weighted by Gasteiger charge is 2.41. The number of benzene rings is 1. The number of hydrogen-bond donors (Lipinski definition) is 1. The van der Waals surface area contributed by atoms with Gasteiger partial charge in [0.15, 0.2) is 0 Å². The molecule has 4 heterocycles. The van der Waals surface area contributed by atoms with Crippen molar-refractivity contribution in [2.24, 2.45) is 11.7 Å². The topological polar surface area (TPSA) is 107 Å². The third kappa shape index (κ3) is 4.12. The molecule has 182 valence electrons. The van der Waals surface area contributed by atoms with Crippen LogP contribution >= 0.6 is 0 Å². The van der Waals surface area contributed by atoms with Gasteiger partial charge in [0.2, 0.25) is 17.7 Å². The summed E-state index contributed by atoms with van der Waals surface area (Å²) in [5.74, 6) is -0.745. The number of nitrogens with two attached hydrogens (primary N) is 1. The molecular formula is C25H33N5O4. The third-order valence-electron chi connectivity index (χ3n) is 7.81. The van der Waals surface area contributed by atoms with Gasteiger partial charge in [0.25, 0.3) is 5.91 Å². The lowest BCUT2D eigenvalue weighted by Gasteiger charge is -2.45. The molecule has 34 heavy (non-hydrogen) atoms. The Bertz CT molecular complexity index is 997. The van der Waals surface area contributed by atoms with Crippen LogP contribution in [0, 0.1) is 5.92 Å². The molecule has 3 fully saturated rings. The Morgan fingerprint density at radius 3 is 2.26 bits per heavy atom. The number of nitrogens with zero attached hydrogens (tertiary/aromatic N) is 4. The standard InChI is InChI=1S/C25H33N5O4/c26-23(32)17-8-13-27(14-9-17)22(31)16-30-21-15-18(24(33)28-10-3-4-11-28)6-7-19(21)29-12-2-1-5-20(29)25(30)34/h6-7,15,17,20H,1-5,8-14,16H2,(H2,26,32)/t20-/m1/s1. The summed E-state index contributed by atoms with van der Waals surface area (Å²) in [6.45, 7) is 3.18. The van der Waals surface area contributed by atoms with Crippen molar-refractivity contribution < 1.29 is 19.2 Å². The lowest BCUT2D eigenvalue weighted by Crippen LogP contribution is -2.57. The number of fused-ring (bicyclic) bond motifs is 3. The van der Waals surface area contributed by atoms with Crippen molar-refractivity contribution in [3.05, 3.63) is 23.8 Å². The fourth-order valence-corrected chi connectivity index (χ4v) is 5.81. The number of carbonyl (C=O) groups is 4. The van der Waals surface area contributed by atoms with E-state index in [4.69, 9.17) is 5.73 Å². The van der Waals surface area contributed by atoms with Crippen molar-refractivity contribution in [2.45, 2.75) is 51.0 Å². The van der Waals surface area contributed by atoms with Crippen molar-refractivity contribution >= 4 is 35.0 Å². The molecule has 0 bridgehead atoms. The molecule has 0 radical (unpaired) electrons. The smallest absolute Gasteiger partial charge is 0.253 e. The van der Waals surface area contributed by atoms with Gasteiger partial charge in [0.05, 0.1) is 11.4 Å². The second-order valence-corrected chi connectivity index (χ2v) is 9.89. The van der Waals surface area contributed by atoms with Gasteiger partial charge in [-0.2, -0.15) is 0 Å². The molecular weight excluding hydrogens is 434 g/mol. The van der Waals surface area contributed by atoms with Crippen LogP contribution in [0.1, 0.15) is 55.3 Å². The van der Waals surface area contributed by atoms with Gasteiger partial charge >= 0.3 is 0 Å². The Balaban J connectivity index is 1.41. The molecule has 9 heteroatoms. The molecule has 0 aliphatic carbocycles. The summed E-state index contributed by atoms with van der Waals surface area (Å²) < 4.78 is 0. The molecule has 1 atom stereocenters. The van der Waals surface area contributed by atoms with Crippen molar-refractivity contribution in [1.82, 2.24) is 9.80 Å². The number of rotatable bonds is 4. The summed E-state index contributed by atoms with van der Waals surface area (Å²) in [5.41, 5.74) is 7.55. The second-order valence-electron chi connectivity index (χ2n) is 9.89. The Hall–Kier alpha value is -3.10. The summed E-state index contributed by atoms with van der Waals surface area (Å²) in [7, 11) is 0. The quantitative estimate of drug-likeness (QED) is 0.719. The maximum absolute atomic E-state index is 13.6. The second kappa shape index (κ2) is 9.27. The average Bonchev–Trinajstić information content (AvgIpc) is 3.41. The first-order valence-corrected chi connectivity index (χ1v) is 12.5. The molecule has 1 aromatic carbocycles. The first-order chi connectivity index (χ1) is 16.4. The van der Waals surface area contributed by atoms with Gasteiger partial charge in [-0.05, 0) is 63.1 Å². The number of anilines is 2. The van der Waals surface area contributed by atoms with E-state index in [2.05, 4.69) is 4.90 Å². The number of likely N-dealkylation sites (tertiary alicyclic amines) is 2. The normalized spacial score (nSPS) is 23.1. The van der Waals surface area contributed by atoms with Crippen LogP contribution in [0.15, 0.2) is 18.2 Å². The monoisotopic (exact) mass is 467 g/mol. The van der Waals surface area contributed by atoms with Gasteiger partial charge < -0.3 is 20.4 Å². The van der Waals surface area contributed by atoms with Crippen molar-refractivity contribution in [3.63, 3.8) is 0 Å². The third-order valence-corrected chi connectivity index (χ3v) is 7.81. The van der Waals surface area contributed by atoms with E-state index in [-0.39, 0.29) is 42.1 Å². The Morgan fingerprint density at radius 2 is 1.56 bits per heavy atom. The zero-order valence-electron chi connectivity index (χ0n) is 19.6. The predicted octanol–water partition coefficient (Wildman–Crippen LogP) is 1.35. The highest BCUT2D eigenvalue weighted by molar-refractivity contribution is 6.10. The van der Waals surface area contributed by atoms with E-state index in [9.17, 15) is 19.2 Å². The molecule has 0 spiro atoms. The number of piperidine rings is 2. The minimum Gasteiger partial charge on any atom is -0.369 e. The maximum Gasteiger partial charge on any atom is 0.253 e. The van der Waals surface area contributed by atoms with Crippen molar-refractivity contribution in [1.29, 1.82) is 0 Å². The molecule has 1 aromatic rings. The Labute approximate surface area is 199 Å². The molecule has 4 aliphatic rings. The lowest BCUT2D eigenvalue weighted by atomic mass is 9.94. The van der Waals surface area contributed by atoms with E-state index in [0.29, 0.717) is 37.2 Å². The minimum atomic E-state index is -0.320. The number of carbonyl (C=O) groups excluding carboxylic acids is 4. The van der Waals surface area contributed by atoms with E-state index < -0.39 is 0 Å². The SMILES string of the molecule is NC(=O)C1CCN(C(=O)CN2C(=O)[C@H]3CCCCN3c3ccc(C(=O)N4CCCC4)cc32)CC1. The molecule has 9 nitrogen and oxygen atoms in total. The van der Waals surface area contributed by atoms with Crippen LogP contribution in [-0.2, 0) is 14.4 Å². The molecule has 0 unspecified atom stereocenters. The molecule has 0 saturated carbocycles. The summed E-state index contributed by atoms with van der Waals surface area (Å²) in [4.78, 5) is 58.6. The number of amides is 4. The average molecular weight is 468 g/mol. The summed E-state index contributed by atoms with van der Waals surface area (Å²) in [6, 6.07) is 5.33. The van der Waals surface area contributed by atoms with Crippen LogP contribution in [0.4, 0.5) is 11.4 Å². The maximum atomic E-state index is 13.6. The highest BCUT2D eigenvalue weighted by atomic mass is 16.2. The van der Waals surface area contributed by atoms with Crippen LogP contribution in [-0.4, -0.2) is 78.7 Å². The lowest BCUT2D eigenvalue weighted by molar-refractivity contribution is -0.134. The van der Waals surface area contributed by atoms with Gasteiger partial charge in [-0.1, -0.05) is 0 Å². The van der Waals surface area contributed by atoms with Crippen LogP contribution in [0.3, 0.4) is 0 Å². The van der Waals surface area contributed by atoms with Gasteiger partial charge in [-0.15, -0.1) is 0 Å². The summed E-state index contributed by atoms with van der Waals surface area (Å²) >= 11 is 0. The molecule has 0 aromatic heterocycles. The fraction of sp³-hybridized carbons (Fsp3) is 0.600. The van der Waals surface area contributed by atoms with E-state index in [1.165, 1.54) is 0 Å². The van der Waals surface area contributed by atoms with Crippen LogP contribution in [0.25, 0.3) is 0 Å². The zero-order valence-corrected chi connectivity index (χ0v) is 19.6. The van der Waals surface area contributed by atoms with E-state index in [1.54, 1.807) is 15.9 Å². The van der Waals surface area contributed by atoms with E-state index >= 15 is 0 Å². The van der Waals surface area contributed by atoms with Crippen LogP contribution in [0.2, 0.25) is 0 Å². The zero-order chi connectivity index (χ0) is 23.8. The number of primary amides is 1. The van der Waals surface area contributed by atoms with Crippen LogP contribution < -0.4 is 15.5 Å². The first kappa shape index (κ1) is 22.7. The predicted molar refractivity (Wildman–Crippen MR) is 127 cm³/mol. The van der Waals surface area contributed by atoms with Crippen LogP contribution in [0.5, 0.6) is 0 Å². The molecule has 4 amide bonds. The molecule has 5 rings (SSSR count). The van der Waals surface area contributed by atoms with Gasteiger partial charge in [0, 0.05) is 44.2 Å². The summed E-state index contributed by atoms with van der Waals surface area (Å²) in [5, 5.41) is 0. The largest absolute Gasteiger partial charge is 0.369 e. The van der Waals surface area contributed by atoms with Gasteiger partial charge in [-0.3, -0.25) is 24.1 Å². The van der Waals surface area contributed by atoms with Gasteiger partial charge in [0.1, 0.15) is 12.6 Å². The first-order valence-electron chi connectivity index (χ1n) is 12.5. The molecule has 4 aliphatic heterocycles. The fourth-order valence-electron chi connectivity index (χ4n) is 5.81. The highest BCUT2D eigenvalue weighted by Crippen LogP contribution is 2.40. The van der Waals surface area contributed by atoms with Gasteiger partial charge in [-0.25, -0.2) is 0 Å². The van der Waals surface area contributed by atoms with E-state index in [1.807, 2.05) is 17.0 Å². The Morgan fingerprint density at radius 1 is 0.853 bits per heavy atom.